The van der Waals surface area contributed by atoms with Gasteiger partial charge < -0.3 is 5.32 Å². The van der Waals surface area contributed by atoms with Crippen molar-refractivity contribution in [1.29, 1.82) is 0 Å². The summed E-state index contributed by atoms with van der Waals surface area (Å²) >= 11 is 1.47. The fourth-order valence-corrected chi connectivity index (χ4v) is 4.40. The number of nitrogens with zero attached hydrogens (tertiary/aromatic N) is 5. The predicted octanol–water partition coefficient (Wildman–Crippen LogP) is 1.05. The number of hydrogen-bond donors (Lipinski definition) is 1. The summed E-state index contributed by atoms with van der Waals surface area (Å²) in [5.41, 5.74) is 0.339. The largest absolute Gasteiger partial charge is 0.332 e. The maximum Gasteiger partial charge on any atom is 0.332 e. The zero-order chi connectivity index (χ0) is 22.4. The van der Waals surface area contributed by atoms with Crippen molar-refractivity contribution in [2.75, 3.05) is 5.32 Å². The third kappa shape index (κ3) is 3.46. The molecule has 160 valence electrons. The zero-order valence-corrected chi connectivity index (χ0v) is 18.2. The summed E-state index contributed by atoms with van der Waals surface area (Å²) in [6.45, 7) is 4.00. The van der Waals surface area contributed by atoms with Gasteiger partial charge in [0.15, 0.2) is 0 Å². The highest BCUT2D eigenvalue weighted by atomic mass is 32.1. The van der Waals surface area contributed by atoms with Crippen molar-refractivity contribution in [3.63, 3.8) is 0 Å². The molecule has 0 radical (unpaired) electrons. The minimum absolute atomic E-state index is 0.0403. The normalized spacial score (nSPS) is 11.4. The van der Waals surface area contributed by atoms with Crippen molar-refractivity contribution in [3.05, 3.63) is 60.2 Å². The molecule has 10 nitrogen and oxygen atoms in total. The highest BCUT2D eigenvalue weighted by molar-refractivity contribution is 7.18. The molecule has 0 aliphatic carbocycles. The van der Waals surface area contributed by atoms with Crippen LogP contribution in [0.2, 0.25) is 0 Å². The van der Waals surface area contributed by atoms with Crippen molar-refractivity contribution in [2.24, 2.45) is 14.1 Å². The third-order valence-electron chi connectivity index (χ3n) is 5.31. The number of nitrogens with one attached hydrogen (secondary N) is 1. The highest BCUT2D eigenvalue weighted by Gasteiger charge is 2.14. The van der Waals surface area contributed by atoms with E-state index in [1.165, 1.54) is 53.2 Å². The molecule has 4 aromatic rings. The third-order valence-corrected chi connectivity index (χ3v) is 6.43. The first-order valence-corrected chi connectivity index (χ1v) is 10.3. The van der Waals surface area contributed by atoms with Crippen LogP contribution in [0.25, 0.3) is 21.3 Å². The first-order valence-electron chi connectivity index (χ1n) is 9.49. The quantitative estimate of drug-likeness (QED) is 0.506. The molecule has 11 heteroatoms. The van der Waals surface area contributed by atoms with E-state index in [4.69, 9.17) is 0 Å². The molecule has 0 saturated heterocycles. The number of rotatable bonds is 4. The van der Waals surface area contributed by atoms with Gasteiger partial charge in [0.25, 0.3) is 11.1 Å². The van der Waals surface area contributed by atoms with Crippen molar-refractivity contribution in [1.82, 2.24) is 23.7 Å². The molecule has 4 aromatic heterocycles. The SMILES string of the molecule is Cc1sc2ncn(CCC(=O)Nc3cnc4c(c3)c(=O)n(C)c(=O)n4C)c(=O)c2c1C. The van der Waals surface area contributed by atoms with E-state index >= 15 is 0 Å². The van der Waals surface area contributed by atoms with Crippen LogP contribution in [-0.4, -0.2) is 29.6 Å². The molecule has 0 bridgehead atoms. The van der Waals surface area contributed by atoms with Crippen LogP contribution >= 0.6 is 11.3 Å². The maximum atomic E-state index is 12.7. The summed E-state index contributed by atoms with van der Waals surface area (Å²) in [5.74, 6) is -0.340. The molecule has 0 aliphatic heterocycles. The average molecular weight is 440 g/mol. The van der Waals surface area contributed by atoms with E-state index in [1.54, 1.807) is 0 Å². The fourth-order valence-electron chi connectivity index (χ4n) is 3.41. The van der Waals surface area contributed by atoms with Crippen LogP contribution in [0.3, 0.4) is 0 Å². The summed E-state index contributed by atoms with van der Waals surface area (Å²) in [5, 5.41) is 3.49. The van der Waals surface area contributed by atoms with E-state index in [2.05, 4.69) is 15.3 Å². The minimum atomic E-state index is -0.492. The molecule has 0 spiro atoms. The molecule has 4 rings (SSSR count). The molecular formula is C20H20N6O4S. The summed E-state index contributed by atoms with van der Waals surface area (Å²) in [4.78, 5) is 59.8. The van der Waals surface area contributed by atoms with Crippen molar-refractivity contribution < 1.29 is 4.79 Å². The summed E-state index contributed by atoms with van der Waals surface area (Å²) in [7, 11) is 2.91. The number of pyridine rings is 1. The van der Waals surface area contributed by atoms with Gasteiger partial charge >= 0.3 is 5.69 Å². The standard InChI is InChI=1S/C20H20N6O4S/c1-10-11(2)31-17-15(10)19(29)26(9-22-17)6-5-14(27)23-12-7-13-16(21-8-12)24(3)20(30)25(4)18(13)28/h7-9H,5-6H2,1-4H3,(H,23,27). The first kappa shape index (κ1) is 20.7. The van der Waals surface area contributed by atoms with Gasteiger partial charge in [0, 0.05) is 31.9 Å². The smallest absolute Gasteiger partial charge is 0.325 e. The number of thiophene rings is 1. The molecule has 0 fully saturated rings. The topological polar surface area (TPSA) is 121 Å². The van der Waals surface area contributed by atoms with Crippen LogP contribution < -0.4 is 22.1 Å². The second kappa shape index (κ2) is 7.58. The van der Waals surface area contributed by atoms with Crippen LogP contribution in [-0.2, 0) is 25.4 Å². The number of anilines is 1. The second-order valence-corrected chi connectivity index (χ2v) is 8.51. The Hall–Kier alpha value is -3.60. The average Bonchev–Trinajstić information content (AvgIpc) is 3.04. The first-order chi connectivity index (χ1) is 14.7. The van der Waals surface area contributed by atoms with E-state index in [1.807, 2.05) is 13.8 Å². The van der Waals surface area contributed by atoms with Gasteiger partial charge in [0.2, 0.25) is 5.91 Å². The van der Waals surface area contributed by atoms with Gasteiger partial charge in [0.1, 0.15) is 10.5 Å². The molecule has 0 atom stereocenters. The Balaban J connectivity index is 1.55. The summed E-state index contributed by atoms with van der Waals surface area (Å²) < 4.78 is 3.68. The molecule has 0 aromatic carbocycles. The summed E-state index contributed by atoms with van der Waals surface area (Å²) in [6.07, 6.45) is 2.88. The molecule has 31 heavy (non-hydrogen) atoms. The Morgan fingerprint density at radius 1 is 1.10 bits per heavy atom. The number of amides is 1. The number of carbonyl (C=O) groups excluding carboxylic acids is 1. The molecule has 1 amide bonds. The fraction of sp³-hybridized carbons (Fsp3) is 0.300. The van der Waals surface area contributed by atoms with E-state index in [9.17, 15) is 19.2 Å². The van der Waals surface area contributed by atoms with Gasteiger partial charge in [-0.25, -0.2) is 14.8 Å². The van der Waals surface area contributed by atoms with Gasteiger partial charge in [-0.2, -0.15) is 0 Å². The van der Waals surface area contributed by atoms with Gasteiger partial charge in [0.05, 0.1) is 29.0 Å². The van der Waals surface area contributed by atoms with Gasteiger partial charge in [-0.3, -0.25) is 28.1 Å². The van der Waals surface area contributed by atoms with Crippen LogP contribution in [0.1, 0.15) is 16.9 Å². The van der Waals surface area contributed by atoms with E-state index in [0.29, 0.717) is 15.9 Å². The lowest BCUT2D eigenvalue weighted by atomic mass is 10.2. The molecule has 0 unspecified atom stereocenters. The number of carbonyl (C=O) groups is 1. The Morgan fingerprint density at radius 3 is 2.58 bits per heavy atom. The number of hydrogen-bond acceptors (Lipinski definition) is 7. The van der Waals surface area contributed by atoms with Gasteiger partial charge in [-0.05, 0) is 25.5 Å². The minimum Gasteiger partial charge on any atom is -0.325 e. The Labute approximate surface area is 179 Å². The molecule has 0 saturated carbocycles. The summed E-state index contributed by atoms with van der Waals surface area (Å²) in [6, 6.07) is 1.49. The molecule has 1 N–H and O–H groups in total. The van der Waals surface area contributed by atoms with Crippen LogP contribution in [0, 0.1) is 13.8 Å². The lowest BCUT2D eigenvalue weighted by Gasteiger charge is -2.10. The Morgan fingerprint density at radius 2 is 1.84 bits per heavy atom. The van der Waals surface area contributed by atoms with Gasteiger partial charge in [-0.1, -0.05) is 0 Å². The zero-order valence-electron chi connectivity index (χ0n) is 17.4. The second-order valence-electron chi connectivity index (χ2n) is 7.31. The van der Waals surface area contributed by atoms with E-state index in [-0.39, 0.29) is 35.5 Å². The van der Waals surface area contributed by atoms with Crippen LogP contribution in [0.5, 0.6) is 0 Å². The van der Waals surface area contributed by atoms with Crippen molar-refractivity contribution >= 4 is 44.2 Å². The van der Waals surface area contributed by atoms with E-state index in [0.717, 1.165) is 15.0 Å². The van der Waals surface area contributed by atoms with Crippen molar-refractivity contribution in [3.8, 4) is 0 Å². The molecule has 4 heterocycles. The number of fused-ring (bicyclic) bond motifs is 2. The molecular weight excluding hydrogens is 420 g/mol. The lowest BCUT2D eigenvalue weighted by molar-refractivity contribution is -0.116. The van der Waals surface area contributed by atoms with Crippen molar-refractivity contribution in [2.45, 2.75) is 26.8 Å². The van der Waals surface area contributed by atoms with Gasteiger partial charge in [-0.15, -0.1) is 11.3 Å². The van der Waals surface area contributed by atoms with Crippen LogP contribution in [0.15, 0.2) is 33.0 Å². The monoisotopic (exact) mass is 440 g/mol. The Kier molecular flexibility index (Phi) is 5.05. The van der Waals surface area contributed by atoms with E-state index < -0.39 is 11.2 Å². The Bertz CT molecular complexity index is 1540. The number of aromatic nitrogens is 5. The predicted molar refractivity (Wildman–Crippen MR) is 119 cm³/mol. The molecule has 0 aliphatic rings. The van der Waals surface area contributed by atoms with Crippen LogP contribution in [0.4, 0.5) is 5.69 Å². The highest BCUT2D eigenvalue weighted by Crippen LogP contribution is 2.25. The lowest BCUT2D eigenvalue weighted by Crippen LogP contribution is -2.37. The maximum absolute atomic E-state index is 12.7. The number of aryl methyl sites for hydroxylation is 4.